The van der Waals surface area contributed by atoms with Gasteiger partial charge in [-0.05, 0) is 37.8 Å². The first kappa shape index (κ1) is 11.8. The highest BCUT2D eigenvalue weighted by Crippen LogP contribution is 2.12. The second-order valence-electron chi connectivity index (χ2n) is 3.71. The van der Waals surface area contributed by atoms with Crippen molar-refractivity contribution >= 4 is 22.7 Å². The summed E-state index contributed by atoms with van der Waals surface area (Å²) in [5.74, 6) is 0. The van der Waals surface area contributed by atoms with Crippen LogP contribution in [-0.4, -0.2) is 11.5 Å². The molecule has 0 aliphatic rings. The number of aryl methyl sites for hydroxylation is 2. The first-order chi connectivity index (χ1) is 7.84. The molecule has 0 aromatic carbocycles. The maximum atomic E-state index is 4.24. The summed E-state index contributed by atoms with van der Waals surface area (Å²) in [6.07, 6.45) is 4.36. The van der Waals surface area contributed by atoms with Gasteiger partial charge in [-0.2, -0.15) is 0 Å². The molecule has 2 aromatic heterocycles. The van der Waals surface area contributed by atoms with E-state index >= 15 is 0 Å². The van der Waals surface area contributed by atoms with Crippen molar-refractivity contribution in [3.05, 3.63) is 38.5 Å². The molecule has 0 saturated carbocycles. The number of thiazole rings is 1. The molecule has 16 heavy (non-hydrogen) atoms. The number of thiophene rings is 1. The minimum atomic E-state index is 0.954. The zero-order valence-electron chi connectivity index (χ0n) is 9.40. The van der Waals surface area contributed by atoms with Crippen molar-refractivity contribution in [2.45, 2.75) is 26.3 Å². The molecule has 0 aliphatic heterocycles. The van der Waals surface area contributed by atoms with Crippen LogP contribution in [-0.2, 0) is 13.0 Å². The van der Waals surface area contributed by atoms with Gasteiger partial charge in [-0.15, -0.1) is 22.7 Å². The fourth-order valence-electron chi connectivity index (χ4n) is 1.54. The molecule has 2 rings (SSSR count). The fraction of sp³-hybridized carbons (Fsp3) is 0.417. The van der Waals surface area contributed by atoms with Gasteiger partial charge in [-0.1, -0.05) is 6.07 Å². The molecule has 0 saturated heterocycles. The van der Waals surface area contributed by atoms with Crippen LogP contribution in [0.25, 0.3) is 0 Å². The Morgan fingerprint density at radius 1 is 1.38 bits per heavy atom. The van der Waals surface area contributed by atoms with E-state index in [1.54, 1.807) is 11.3 Å². The zero-order chi connectivity index (χ0) is 11.2. The number of nitrogens with one attached hydrogen (secondary N) is 1. The van der Waals surface area contributed by atoms with Gasteiger partial charge < -0.3 is 5.32 Å². The third-order valence-corrected chi connectivity index (χ3v) is 4.17. The molecule has 1 N–H and O–H groups in total. The van der Waals surface area contributed by atoms with Crippen molar-refractivity contribution in [1.29, 1.82) is 0 Å². The summed E-state index contributed by atoms with van der Waals surface area (Å²) >= 11 is 3.62. The number of nitrogens with zero attached hydrogens (tertiary/aromatic N) is 1. The first-order valence-electron chi connectivity index (χ1n) is 5.49. The van der Waals surface area contributed by atoms with Gasteiger partial charge in [0.1, 0.15) is 0 Å². The van der Waals surface area contributed by atoms with Crippen LogP contribution < -0.4 is 5.32 Å². The Labute approximate surface area is 104 Å². The van der Waals surface area contributed by atoms with E-state index in [-0.39, 0.29) is 0 Å². The lowest BCUT2D eigenvalue weighted by Crippen LogP contribution is -2.14. The highest BCUT2D eigenvalue weighted by Gasteiger charge is 1.97. The molecule has 0 aliphatic carbocycles. The Morgan fingerprint density at radius 2 is 2.31 bits per heavy atom. The van der Waals surface area contributed by atoms with E-state index in [2.05, 4.69) is 27.8 Å². The molecule has 0 unspecified atom stereocenters. The van der Waals surface area contributed by atoms with Crippen molar-refractivity contribution in [1.82, 2.24) is 10.3 Å². The summed E-state index contributed by atoms with van der Waals surface area (Å²) in [6, 6.07) is 4.32. The highest BCUT2D eigenvalue weighted by molar-refractivity contribution is 7.11. The van der Waals surface area contributed by atoms with Crippen molar-refractivity contribution in [2.75, 3.05) is 6.54 Å². The fourth-order valence-corrected chi connectivity index (χ4v) is 3.06. The Morgan fingerprint density at radius 3 is 3.00 bits per heavy atom. The summed E-state index contributed by atoms with van der Waals surface area (Å²) in [5.41, 5.74) is 0. The molecule has 86 valence electrons. The largest absolute Gasteiger partial charge is 0.312 e. The van der Waals surface area contributed by atoms with Crippen LogP contribution in [0.5, 0.6) is 0 Å². The minimum absolute atomic E-state index is 0.954. The first-order valence-corrected chi connectivity index (χ1v) is 7.18. The van der Waals surface area contributed by atoms with Crippen LogP contribution in [0.1, 0.15) is 21.2 Å². The maximum Gasteiger partial charge on any atom is 0.0897 e. The van der Waals surface area contributed by atoms with Crippen molar-refractivity contribution in [3.63, 3.8) is 0 Å². The Bertz CT molecular complexity index is 406. The molecule has 0 bridgehead atoms. The lowest BCUT2D eigenvalue weighted by Gasteiger charge is -2.01. The van der Waals surface area contributed by atoms with Gasteiger partial charge in [0, 0.05) is 22.5 Å². The van der Waals surface area contributed by atoms with Crippen molar-refractivity contribution in [3.8, 4) is 0 Å². The van der Waals surface area contributed by atoms with E-state index in [0.29, 0.717) is 0 Å². The topological polar surface area (TPSA) is 24.9 Å². The third kappa shape index (κ3) is 3.70. The lowest BCUT2D eigenvalue weighted by molar-refractivity contribution is 0.656. The van der Waals surface area contributed by atoms with Gasteiger partial charge in [-0.25, -0.2) is 4.98 Å². The van der Waals surface area contributed by atoms with Gasteiger partial charge in [-0.3, -0.25) is 0 Å². The van der Waals surface area contributed by atoms with Crippen LogP contribution in [0.3, 0.4) is 0 Å². The quantitative estimate of drug-likeness (QED) is 0.798. The molecular weight excluding hydrogens is 236 g/mol. The van der Waals surface area contributed by atoms with Gasteiger partial charge in [0.25, 0.3) is 0 Å². The van der Waals surface area contributed by atoms with E-state index in [4.69, 9.17) is 0 Å². The summed E-state index contributed by atoms with van der Waals surface area (Å²) in [4.78, 5) is 7.05. The molecular formula is C12H16N2S2. The molecule has 0 amide bonds. The molecule has 2 nitrogen and oxygen atoms in total. The van der Waals surface area contributed by atoms with Crippen LogP contribution in [0.15, 0.2) is 23.7 Å². The van der Waals surface area contributed by atoms with E-state index in [9.17, 15) is 0 Å². The predicted octanol–water partition coefficient (Wildman–Crippen LogP) is 3.24. The Kier molecular flexibility index (Phi) is 4.51. The predicted molar refractivity (Wildman–Crippen MR) is 71.2 cm³/mol. The molecule has 2 aromatic rings. The number of aromatic nitrogens is 1. The highest BCUT2D eigenvalue weighted by atomic mass is 32.1. The average Bonchev–Trinajstić information content (AvgIpc) is 2.89. The summed E-state index contributed by atoms with van der Waals surface area (Å²) in [5, 5.41) is 6.74. The number of rotatable bonds is 6. The molecule has 0 fully saturated rings. The molecule has 0 spiro atoms. The summed E-state index contributed by atoms with van der Waals surface area (Å²) in [7, 11) is 0. The van der Waals surface area contributed by atoms with E-state index in [1.807, 2.05) is 24.5 Å². The Hall–Kier alpha value is -0.710. The zero-order valence-corrected chi connectivity index (χ0v) is 11.0. The van der Waals surface area contributed by atoms with Gasteiger partial charge in [0.05, 0.1) is 5.01 Å². The number of hydrogen-bond donors (Lipinski definition) is 1. The molecule has 4 heteroatoms. The molecule has 2 heterocycles. The van der Waals surface area contributed by atoms with Crippen LogP contribution in [0.4, 0.5) is 0 Å². The Balaban J connectivity index is 1.59. The van der Waals surface area contributed by atoms with Crippen molar-refractivity contribution < 1.29 is 0 Å². The van der Waals surface area contributed by atoms with Gasteiger partial charge in [0.2, 0.25) is 0 Å². The SMILES string of the molecule is Cc1ncc(CNCCCc2cccs2)s1. The van der Waals surface area contributed by atoms with Crippen LogP contribution >= 0.6 is 22.7 Å². The smallest absolute Gasteiger partial charge is 0.0897 e. The third-order valence-electron chi connectivity index (χ3n) is 2.33. The second-order valence-corrected chi connectivity index (χ2v) is 6.06. The average molecular weight is 252 g/mol. The van der Waals surface area contributed by atoms with Gasteiger partial charge in [0.15, 0.2) is 0 Å². The summed E-state index contributed by atoms with van der Waals surface area (Å²) in [6.45, 7) is 4.08. The second kappa shape index (κ2) is 6.13. The standard InChI is InChI=1S/C12H16N2S2/c1-10-14-9-12(16-10)8-13-6-2-4-11-5-3-7-15-11/h3,5,7,9,13H,2,4,6,8H2,1H3. The van der Waals surface area contributed by atoms with Crippen molar-refractivity contribution in [2.24, 2.45) is 0 Å². The maximum absolute atomic E-state index is 4.24. The minimum Gasteiger partial charge on any atom is -0.312 e. The van der Waals surface area contributed by atoms with E-state index in [0.717, 1.165) is 18.1 Å². The number of hydrogen-bond acceptors (Lipinski definition) is 4. The summed E-state index contributed by atoms with van der Waals surface area (Å²) < 4.78 is 0. The van der Waals surface area contributed by atoms with Crippen LogP contribution in [0.2, 0.25) is 0 Å². The monoisotopic (exact) mass is 252 g/mol. The van der Waals surface area contributed by atoms with Gasteiger partial charge >= 0.3 is 0 Å². The van der Waals surface area contributed by atoms with E-state index in [1.165, 1.54) is 22.6 Å². The van der Waals surface area contributed by atoms with Crippen LogP contribution in [0, 0.1) is 6.92 Å². The normalized spacial score (nSPS) is 10.8. The van der Waals surface area contributed by atoms with E-state index < -0.39 is 0 Å². The lowest BCUT2D eigenvalue weighted by atomic mass is 10.2. The molecule has 0 atom stereocenters. The molecule has 0 radical (unpaired) electrons.